The zero-order valence-corrected chi connectivity index (χ0v) is 21.0. The van der Waals surface area contributed by atoms with Crippen LogP contribution in [0.25, 0.3) is 16.6 Å². The second-order valence-corrected chi connectivity index (χ2v) is 11.6. The first-order valence-electron chi connectivity index (χ1n) is 11.0. The highest BCUT2D eigenvalue weighted by Gasteiger charge is 2.59. The Kier molecular flexibility index (Phi) is 5.13. The number of H-pyrrole nitrogens is 1. The number of carbonyl (C=O) groups is 1. The number of allylic oxidation sites excluding steroid dienone is 4. The highest BCUT2D eigenvalue weighted by atomic mass is 16.3. The zero-order chi connectivity index (χ0) is 24.6. The Labute approximate surface area is 190 Å². The number of nitrogens with one attached hydrogen (secondary N) is 1. The van der Waals surface area contributed by atoms with Gasteiger partial charge in [0.25, 0.3) is 0 Å². The van der Waals surface area contributed by atoms with Crippen molar-refractivity contribution in [3.63, 3.8) is 0 Å². The third kappa shape index (κ3) is 3.06. The van der Waals surface area contributed by atoms with Crippen LogP contribution in [0, 0.1) is 10.8 Å². The van der Waals surface area contributed by atoms with Gasteiger partial charge in [0, 0.05) is 22.2 Å². The molecule has 0 bridgehead atoms. The number of aromatic amines is 1. The standard InChI is InChI=1S/C26H37N3O3/c1-13(30)14(11-12-15(27)23(2,3)4)22-28-18-19(29-22)21(32)17-16(20(18)31)24(5,6)26(9,10)25(17,7)8/h11-12,31-32H,27H2,1-10H3,(H,28,29). The second-order valence-electron chi connectivity index (χ2n) is 11.6. The van der Waals surface area contributed by atoms with E-state index in [0.717, 1.165) is 5.56 Å². The lowest BCUT2D eigenvalue weighted by atomic mass is 9.59. The summed E-state index contributed by atoms with van der Waals surface area (Å²) >= 11 is 0. The first-order valence-corrected chi connectivity index (χ1v) is 11.0. The quantitative estimate of drug-likeness (QED) is 0.289. The van der Waals surface area contributed by atoms with Crippen LogP contribution in [-0.4, -0.2) is 26.0 Å². The molecule has 2 aromatic rings. The van der Waals surface area contributed by atoms with Crippen molar-refractivity contribution >= 4 is 22.4 Å². The minimum atomic E-state index is -0.413. The van der Waals surface area contributed by atoms with E-state index < -0.39 is 10.8 Å². The first-order chi connectivity index (χ1) is 14.4. The maximum absolute atomic E-state index is 12.4. The molecule has 1 aliphatic rings. The average Bonchev–Trinajstić information content (AvgIpc) is 3.11. The van der Waals surface area contributed by atoms with Gasteiger partial charge < -0.3 is 20.9 Å². The summed E-state index contributed by atoms with van der Waals surface area (Å²) < 4.78 is 0. The van der Waals surface area contributed by atoms with E-state index in [9.17, 15) is 15.0 Å². The van der Waals surface area contributed by atoms with E-state index in [-0.39, 0.29) is 39.5 Å². The number of aromatic hydroxyl groups is 2. The normalized spacial score (nSPS) is 19.9. The third-order valence-corrected chi connectivity index (χ3v) is 8.19. The lowest BCUT2D eigenvalue weighted by Gasteiger charge is -2.44. The third-order valence-electron chi connectivity index (χ3n) is 8.19. The molecular formula is C26H37N3O3. The van der Waals surface area contributed by atoms with E-state index in [1.165, 1.54) is 6.92 Å². The smallest absolute Gasteiger partial charge is 0.163 e. The predicted molar refractivity (Wildman–Crippen MR) is 130 cm³/mol. The molecule has 0 amide bonds. The largest absolute Gasteiger partial charge is 0.505 e. The number of phenols is 2. The van der Waals surface area contributed by atoms with Gasteiger partial charge in [0.05, 0.1) is 5.57 Å². The maximum atomic E-state index is 12.4. The summed E-state index contributed by atoms with van der Waals surface area (Å²) in [5, 5.41) is 22.7. The zero-order valence-electron chi connectivity index (χ0n) is 21.0. The molecule has 0 spiro atoms. The van der Waals surface area contributed by atoms with Gasteiger partial charge in [-0.1, -0.05) is 62.3 Å². The van der Waals surface area contributed by atoms with E-state index >= 15 is 0 Å². The number of aromatic nitrogens is 2. The van der Waals surface area contributed by atoms with Crippen LogP contribution in [0.15, 0.2) is 17.8 Å². The molecule has 0 saturated heterocycles. The molecule has 0 fully saturated rings. The van der Waals surface area contributed by atoms with Crippen molar-refractivity contribution < 1.29 is 15.0 Å². The number of benzene rings is 1. The molecule has 1 aromatic heterocycles. The SMILES string of the molecule is CC(=O)C(=CC=C(N)C(C)(C)C)c1nc2c(O)c3c(c(O)c2[nH]1)C(C)(C)C(C)(C)C3(C)C. The second kappa shape index (κ2) is 6.87. The number of hydrogen-bond acceptors (Lipinski definition) is 5. The Morgan fingerprint density at radius 3 is 1.94 bits per heavy atom. The van der Waals surface area contributed by atoms with Gasteiger partial charge >= 0.3 is 0 Å². The molecule has 0 atom stereocenters. The highest BCUT2D eigenvalue weighted by Crippen LogP contribution is 2.66. The van der Waals surface area contributed by atoms with Gasteiger partial charge in [0.15, 0.2) is 5.78 Å². The Bertz CT molecular complexity index is 1120. The summed E-state index contributed by atoms with van der Waals surface area (Å²) in [4.78, 5) is 20.1. The number of nitrogens with two attached hydrogens (primary N) is 1. The first kappa shape index (κ1) is 23.9. The summed E-state index contributed by atoms with van der Waals surface area (Å²) in [6, 6.07) is 0. The lowest BCUT2D eigenvalue weighted by Crippen LogP contribution is -2.42. The van der Waals surface area contributed by atoms with Crippen LogP contribution < -0.4 is 5.73 Å². The Balaban J connectivity index is 2.32. The number of carbonyl (C=O) groups excluding carboxylic acids is 1. The summed E-state index contributed by atoms with van der Waals surface area (Å²) in [6.07, 6.45) is 3.34. The number of ketones is 1. The van der Waals surface area contributed by atoms with Crippen molar-refractivity contribution in [2.45, 2.75) is 80.1 Å². The van der Waals surface area contributed by atoms with Crippen LogP contribution in [0.1, 0.15) is 86.2 Å². The van der Waals surface area contributed by atoms with Crippen LogP contribution in [0.2, 0.25) is 0 Å². The molecule has 1 aromatic carbocycles. The summed E-state index contributed by atoms with van der Waals surface area (Å²) in [5.74, 6) is 0.208. The average molecular weight is 440 g/mol. The fraction of sp³-hybridized carbons (Fsp3) is 0.538. The topological polar surface area (TPSA) is 112 Å². The molecule has 1 heterocycles. The molecule has 0 unspecified atom stereocenters. The van der Waals surface area contributed by atoms with Crippen molar-refractivity contribution in [1.82, 2.24) is 9.97 Å². The van der Waals surface area contributed by atoms with Crippen molar-refractivity contribution in [2.24, 2.45) is 16.6 Å². The summed E-state index contributed by atoms with van der Waals surface area (Å²) in [6.45, 7) is 20.1. The van der Waals surface area contributed by atoms with Crippen LogP contribution in [0.3, 0.4) is 0 Å². The minimum Gasteiger partial charge on any atom is -0.505 e. The fourth-order valence-electron chi connectivity index (χ4n) is 4.73. The number of Topliss-reactive ketones (excluding diaryl/α,β-unsaturated/α-hetero) is 1. The molecule has 174 valence electrons. The molecule has 32 heavy (non-hydrogen) atoms. The number of fused-ring (bicyclic) bond motifs is 2. The van der Waals surface area contributed by atoms with Crippen molar-refractivity contribution in [3.8, 4) is 11.5 Å². The monoisotopic (exact) mass is 439 g/mol. The van der Waals surface area contributed by atoms with Crippen LogP contribution in [0.4, 0.5) is 0 Å². The van der Waals surface area contributed by atoms with Crippen LogP contribution in [0.5, 0.6) is 11.5 Å². The molecule has 0 saturated carbocycles. The molecule has 0 aliphatic heterocycles. The fourth-order valence-corrected chi connectivity index (χ4v) is 4.73. The molecule has 6 nitrogen and oxygen atoms in total. The van der Waals surface area contributed by atoms with Gasteiger partial charge in [-0.3, -0.25) is 4.79 Å². The molecule has 6 heteroatoms. The number of phenolic OH excluding ortho intramolecular Hbond substituents is 2. The Morgan fingerprint density at radius 1 is 0.969 bits per heavy atom. The molecule has 5 N–H and O–H groups in total. The van der Waals surface area contributed by atoms with Gasteiger partial charge in [0.1, 0.15) is 28.4 Å². The summed E-state index contributed by atoms with van der Waals surface area (Å²) in [5.41, 5.74) is 7.82. The number of rotatable bonds is 3. The lowest BCUT2D eigenvalue weighted by molar-refractivity contribution is -0.111. The van der Waals surface area contributed by atoms with Crippen molar-refractivity contribution in [1.29, 1.82) is 0 Å². The highest BCUT2D eigenvalue weighted by molar-refractivity contribution is 6.19. The van der Waals surface area contributed by atoms with Crippen LogP contribution >= 0.6 is 0 Å². The van der Waals surface area contributed by atoms with Gasteiger partial charge in [-0.05, 0) is 35.3 Å². The number of imidazole rings is 1. The Hall–Kier alpha value is -2.76. The molecule has 0 radical (unpaired) electrons. The maximum Gasteiger partial charge on any atom is 0.163 e. The predicted octanol–water partition coefficient (Wildman–Crippen LogP) is 5.43. The Morgan fingerprint density at radius 2 is 1.47 bits per heavy atom. The van der Waals surface area contributed by atoms with Gasteiger partial charge in [0.2, 0.25) is 0 Å². The van der Waals surface area contributed by atoms with E-state index in [1.807, 2.05) is 20.8 Å². The number of hydrogen-bond donors (Lipinski definition) is 4. The molecular weight excluding hydrogens is 402 g/mol. The van der Waals surface area contributed by atoms with E-state index in [1.54, 1.807) is 12.2 Å². The van der Waals surface area contributed by atoms with Gasteiger partial charge in [-0.15, -0.1) is 0 Å². The van der Waals surface area contributed by atoms with Crippen LogP contribution in [-0.2, 0) is 15.6 Å². The molecule has 1 aliphatic carbocycles. The van der Waals surface area contributed by atoms with Gasteiger partial charge in [-0.2, -0.15) is 0 Å². The van der Waals surface area contributed by atoms with E-state index in [2.05, 4.69) is 51.5 Å². The molecule has 3 rings (SSSR count). The van der Waals surface area contributed by atoms with Gasteiger partial charge in [-0.25, -0.2) is 4.98 Å². The van der Waals surface area contributed by atoms with E-state index in [4.69, 9.17) is 5.73 Å². The minimum absolute atomic E-state index is 0.0478. The van der Waals surface area contributed by atoms with E-state index in [0.29, 0.717) is 22.4 Å². The van der Waals surface area contributed by atoms with Crippen molar-refractivity contribution in [3.05, 3.63) is 34.8 Å². The number of nitrogens with zero attached hydrogens (tertiary/aromatic N) is 1. The van der Waals surface area contributed by atoms with Crippen molar-refractivity contribution in [2.75, 3.05) is 0 Å². The summed E-state index contributed by atoms with van der Waals surface area (Å²) in [7, 11) is 0.